The number of ether oxygens (including phenoxy) is 1. The predicted molar refractivity (Wildman–Crippen MR) is 43.6 cm³/mol. The maximum absolute atomic E-state index is 13.1. The van der Waals surface area contributed by atoms with Gasteiger partial charge in [-0.25, -0.2) is 8.78 Å². The Morgan fingerprint density at radius 2 is 2.07 bits per heavy atom. The van der Waals surface area contributed by atoms with Gasteiger partial charge in [-0.15, -0.1) is 0 Å². The molecule has 1 fully saturated rings. The molecule has 1 N–H and O–H groups in total. The van der Waals surface area contributed by atoms with Gasteiger partial charge in [0.2, 0.25) is 5.82 Å². The molecule has 1 aromatic rings. The highest BCUT2D eigenvalue weighted by molar-refractivity contribution is 5.26. The lowest BCUT2D eigenvalue weighted by Crippen LogP contribution is -2.50. The minimum absolute atomic E-state index is 0.199. The highest BCUT2D eigenvalue weighted by Gasteiger charge is 2.21. The lowest BCUT2D eigenvalue weighted by atomic mass is 10.2. The Balaban J connectivity index is 2.27. The summed E-state index contributed by atoms with van der Waals surface area (Å²) in [5.41, 5.74) is 0. The van der Waals surface area contributed by atoms with Crippen molar-refractivity contribution in [1.29, 1.82) is 0 Å². The first kappa shape index (κ1) is 8.11. The first-order valence-electron chi connectivity index (χ1n) is 4.54. The van der Waals surface area contributed by atoms with Crippen LogP contribution in [0.3, 0.4) is 0 Å². The van der Waals surface area contributed by atoms with Crippen LogP contribution in [0, 0.1) is 17.5 Å². The molecule has 1 saturated heterocycles. The van der Waals surface area contributed by atoms with Crippen LogP contribution in [0.5, 0.6) is 5.75 Å². The zero-order valence-corrected chi connectivity index (χ0v) is 7.11. The summed E-state index contributed by atoms with van der Waals surface area (Å²) in [5.74, 6) is -4.08. The van der Waals surface area contributed by atoms with Gasteiger partial charge in [0, 0.05) is 25.2 Å². The second-order valence-electron chi connectivity index (χ2n) is 2.94. The molecule has 1 heterocycles. The molecule has 0 aliphatic carbocycles. The zero-order chi connectivity index (χ0) is 11.1. The van der Waals surface area contributed by atoms with Crippen molar-refractivity contribution in [2.45, 2.75) is 6.08 Å². The van der Waals surface area contributed by atoms with Crippen LogP contribution in [-0.4, -0.2) is 19.2 Å². The van der Waals surface area contributed by atoms with Crippen molar-refractivity contribution in [3.8, 4) is 5.75 Å². The van der Waals surface area contributed by atoms with Crippen molar-refractivity contribution < 1.29 is 19.3 Å². The molecule has 0 saturated carbocycles. The SMILES string of the molecule is [2H]C1(Oc2cc(F)cc(F)c2F)CNC1. The summed E-state index contributed by atoms with van der Waals surface area (Å²) >= 11 is 0. The number of hydrogen-bond acceptors (Lipinski definition) is 2. The summed E-state index contributed by atoms with van der Waals surface area (Å²) in [4.78, 5) is 0. The van der Waals surface area contributed by atoms with Gasteiger partial charge in [-0.3, -0.25) is 0 Å². The van der Waals surface area contributed by atoms with Gasteiger partial charge in [-0.2, -0.15) is 4.39 Å². The summed E-state index contributed by atoms with van der Waals surface area (Å²) in [6, 6.07) is 1.16. The summed E-state index contributed by atoms with van der Waals surface area (Å²) in [5, 5.41) is 2.75. The second-order valence-corrected chi connectivity index (χ2v) is 2.94. The van der Waals surface area contributed by atoms with Crippen LogP contribution < -0.4 is 10.1 Å². The zero-order valence-electron chi connectivity index (χ0n) is 8.11. The number of benzene rings is 1. The van der Waals surface area contributed by atoms with Gasteiger partial charge in [0.1, 0.15) is 11.9 Å². The smallest absolute Gasteiger partial charge is 0.200 e. The van der Waals surface area contributed by atoms with E-state index in [1.165, 1.54) is 0 Å². The Bertz CT molecular complexity index is 395. The van der Waals surface area contributed by atoms with Crippen LogP contribution >= 0.6 is 0 Å². The molecule has 0 aromatic heterocycles. The molecule has 2 nitrogen and oxygen atoms in total. The maximum Gasteiger partial charge on any atom is 0.200 e. The number of halogens is 3. The molecule has 0 amide bonds. The Kier molecular flexibility index (Phi) is 2.02. The van der Waals surface area contributed by atoms with Gasteiger partial charge in [-0.05, 0) is 0 Å². The average molecular weight is 204 g/mol. The van der Waals surface area contributed by atoms with Crippen LogP contribution in [0.25, 0.3) is 0 Å². The van der Waals surface area contributed by atoms with Crippen LogP contribution in [0.2, 0.25) is 0 Å². The van der Waals surface area contributed by atoms with E-state index in [-0.39, 0.29) is 13.1 Å². The highest BCUT2D eigenvalue weighted by atomic mass is 19.2. The Morgan fingerprint density at radius 1 is 1.36 bits per heavy atom. The number of rotatable bonds is 2. The van der Waals surface area contributed by atoms with Crippen molar-refractivity contribution in [3.63, 3.8) is 0 Å². The summed E-state index contributed by atoms with van der Waals surface area (Å²) in [6.07, 6.45) is -1.33. The summed E-state index contributed by atoms with van der Waals surface area (Å²) in [6.45, 7) is 0.398. The van der Waals surface area contributed by atoms with Gasteiger partial charge in [0.15, 0.2) is 11.6 Å². The van der Waals surface area contributed by atoms with Gasteiger partial charge < -0.3 is 10.1 Å². The molecule has 2 rings (SSSR count). The molecule has 5 heteroatoms. The first-order valence-corrected chi connectivity index (χ1v) is 4.04. The largest absolute Gasteiger partial charge is 0.484 e. The van der Waals surface area contributed by atoms with E-state index in [1.54, 1.807) is 0 Å². The van der Waals surface area contributed by atoms with E-state index in [2.05, 4.69) is 5.32 Å². The van der Waals surface area contributed by atoms with Gasteiger partial charge in [-0.1, -0.05) is 0 Å². The monoisotopic (exact) mass is 204 g/mol. The summed E-state index contributed by atoms with van der Waals surface area (Å²) < 4.78 is 51.0. The van der Waals surface area contributed by atoms with Gasteiger partial charge in [0.25, 0.3) is 0 Å². The third kappa shape index (κ3) is 1.68. The fourth-order valence-electron chi connectivity index (χ4n) is 1.06. The third-order valence-corrected chi connectivity index (χ3v) is 1.86. The van der Waals surface area contributed by atoms with Crippen LogP contribution in [-0.2, 0) is 0 Å². The van der Waals surface area contributed by atoms with E-state index in [9.17, 15) is 13.2 Å². The predicted octanol–water partition coefficient (Wildman–Crippen LogP) is 1.45. The van der Waals surface area contributed by atoms with E-state index in [1.807, 2.05) is 0 Å². The minimum atomic E-state index is -1.33. The molecule has 1 aliphatic rings. The lowest BCUT2D eigenvalue weighted by molar-refractivity contribution is 0.134. The molecule has 0 unspecified atom stereocenters. The van der Waals surface area contributed by atoms with Gasteiger partial charge in [0.05, 0.1) is 1.37 Å². The van der Waals surface area contributed by atoms with E-state index >= 15 is 0 Å². The molecule has 76 valence electrons. The fourth-order valence-corrected chi connectivity index (χ4v) is 1.06. The van der Waals surface area contributed by atoms with Crippen LogP contribution in [0.15, 0.2) is 12.1 Å². The molecule has 0 radical (unpaired) electrons. The van der Waals surface area contributed by atoms with Crippen LogP contribution in [0.4, 0.5) is 13.2 Å². The van der Waals surface area contributed by atoms with E-state index in [0.717, 1.165) is 6.07 Å². The maximum atomic E-state index is 13.1. The van der Waals surface area contributed by atoms with E-state index in [0.29, 0.717) is 6.07 Å². The molecule has 14 heavy (non-hydrogen) atoms. The minimum Gasteiger partial charge on any atom is -0.484 e. The van der Waals surface area contributed by atoms with E-state index in [4.69, 9.17) is 6.11 Å². The van der Waals surface area contributed by atoms with Crippen molar-refractivity contribution in [2.24, 2.45) is 0 Å². The number of nitrogens with one attached hydrogen (secondary N) is 1. The van der Waals surface area contributed by atoms with Crippen molar-refractivity contribution in [3.05, 3.63) is 29.6 Å². The Hall–Kier alpha value is -1.23. The second kappa shape index (κ2) is 3.49. The summed E-state index contributed by atoms with van der Waals surface area (Å²) in [7, 11) is 0. The molecule has 0 spiro atoms. The fraction of sp³-hybridized carbons (Fsp3) is 0.333. The van der Waals surface area contributed by atoms with Gasteiger partial charge >= 0.3 is 0 Å². The Morgan fingerprint density at radius 3 is 2.64 bits per heavy atom. The quantitative estimate of drug-likeness (QED) is 0.736. The molecule has 0 bridgehead atoms. The lowest BCUT2D eigenvalue weighted by Gasteiger charge is -2.27. The number of hydrogen-bond donors (Lipinski definition) is 1. The van der Waals surface area contributed by atoms with Crippen molar-refractivity contribution >= 4 is 0 Å². The third-order valence-electron chi connectivity index (χ3n) is 1.86. The molecule has 0 atom stereocenters. The Labute approximate surface area is 80.1 Å². The average Bonchev–Trinajstić information content (AvgIpc) is 2.11. The standard InChI is InChI=1S/C9H8F3NO/c10-5-1-7(11)9(12)8(2-5)14-6-3-13-4-6/h1-2,6,13H,3-4H2/i6D. The molecular formula is C9H8F3NO. The molecular weight excluding hydrogens is 195 g/mol. The van der Waals surface area contributed by atoms with Crippen molar-refractivity contribution in [1.82, 2.24) is 5.32 Å². The van der Waals surface area contributed by atoms with E-state index < -0.39 is 29.3 Å². The molecule has 1 aliphatic heterocycles. The van der Waals surface area contributed by atoms with Crippen LogP contribution in [0.1, 0.15) is 1.37 Å². The normalized spacial score (nSPS) is 19.8. The molecule has 1 aromatic carbocycles. The highest BCUT2D eigenvalue weighted by Crippen LogP contribution is 2.23. The topological polar surface area (TPSA) is 21.3 Å². The first-order chi connectivity index (χ1) is 7.00. The van der Waals surface area contributed by atoms with Crippen molar-refractivity contribution in [2.75, 3.05) is 13.1 Å².